The van der Waals surface area contributed by atoms with Crippen molar-refractivity contribution in [2.45, 2.75) is 25.4 Å². The second-order valence-electron chi connectivity index (χ2n) is 4.90. The van der Waals surface area contributed by atoms with Crippen molar-refractivity contribution in [3.8, 4) is 0 Å². The van der Waals surface area contributed by atoms with Gasteiger partial charge in [0.25, 0.3) is 0 Å². The number of ether oxygens (including phenoxy) is 1. The summed E-state index contributed by atoms with van der Waals surface area (Å²) < 4.78 is 5.25. The van der Waals surface area contributed by atoms with Crippen molar-refractivity contribution in [1.29, 1.82) is 0 Å². The Labute approximate surface area is 119 Å². The fourth-order valence-corrected chi connectivity index (χ4v) is 2.46. The van der Waals surface area contributed by atoms with Crippen LogP contribution < -0.4 is 0 Å². The first-order chi connectivity index (χ1) is 9.28. The van der Waals surface area contributed by atoms with Gasteiger partial charge in [0.1, 0.15) is 12.0 Å². The molecule has 1 aliphatic rings. The fraction of sp³-hybridized carbons (Fsp3) is 0.533. The molecule has 19 heavy (non-hydrogen) atoms. The van der Waals surface area contributed by atoms with Crippen molar-refractivity contribution in [1.82, 2.24) is 4.90 Å². The van der Waals surface area contributed by atoms with Crippen LogP contribution in [-0.2, 0) is 16.0 Å². The normalized spacial score (nSPS) is 17.3. The third-order valence-corrected chi connectivity index (χ3v) is 3.72. The molecule has 0 bridgehead atoms. The second-order valence-corrected chi connectivity index (χ2v) is 5.17. The van der Waals surface area contributed by atoms with Gasteiger partial charge in [-0.1, -0.05) is 30.3 Å². The van der Waals surface area contributed by atoms with Crippen molar-refractivity contribution in [3.63, 3.8) is 0 Å². The molecular weight excluding hydrogens is 262 g/mol. The summed E-state index contributed by atoms with van der Waals surface area (Å²) in [6.45, 7) is 3.06. The van der Waals surface area contributed by atoms with Crippen LogP contribution >= 0.6 is 11.6 Å². The predicted molar refractivity (Wildman–Crippen MR) is 76.4 cm³/mol. The van der Waals surface area contributed by atoms with Gasteiger partial charge in [-0.3, -0.25) is 4.79 Å². The van der Waals surface area contributed by atoms with E-state index in [1.54, 1.807) is 0 Å². The van der Waals surface area contributed by atoms with E-state index in [0.29, 0.717) is 0 Å². The molecule has 104 valence electrons. The molecule has 0 spiro atoms. The zero-order chi connectivity index (χ0) is 13.5. The first kappa shape index (κ1) is 14.4. The lowest BCUT2D eigenvalue weighted by molar-refractivity contribution is -0.148. The van der Waals surface area contributed by atoms with Crippen LogP contribution in [0.5, 0.6) is 0 Å². The zero-order valence-corrected chi connectivity index (χ0v) is 11.8. The summed E-state index contributed by atoms with van der Waals surface area (Å²) in [5.41, 5.74) is 1.37. The van der Waals surface area contributed by atoms with Gasteiger partial charge in [-0.2, -0.15) is 0 Å². The molecule has 1 aromatic rings. The number of carbonyl (C=O) groups excluding carboxylic acids is 1. The molecule has 1 aliphatic heterocycles. The first-order valence-electron chi connectivity index (χ1n) is 6.79. The Morgan fingerprint density at radius 3 is 2.58 bits per heavy atom. The van der Waals surface area contributed by atoms with Crippen LogP contribution in [0.1, 0.15) is 18.4 Å². The van der Waals surface area contributed by atoms with Gasteiger partial charge in [-0.25, -0.2) is 0 Å². The molecule has 0 atom stereocenters. The molecule has 1 aromatic carbocycles. The van der Waals surface area contributed by atoms with Crippen molar-refractivity contribution < 1.29 is 9.53 Å². The molecule has 0 aliphatic carbocycles. The average Bonchev–Trinajstić information content (AvgIpc) is 2.47. The quantitative estimate of drug-likeness (QED) is 0.613. The summed E-state index contributed by atoms with van der Waals surface area (Å²) >= 11 is 5.43. The maximum absolute atomic E-state index is 11.1. The Balaban J connectivity index is 1.67. The van der Waals surface area contributed by atoms with Gasteiger partial charge in [-0.05, 0) is 24.8 Å². The summed E-state index contributed by atoms with van der Waals surface area (Å²) in [5.74, 6) is -0.349. The minimum atomic E-state index is -0.301. The molecule has 4 heteroatoms. The van der Waals surface area contributed by atoms with Crippen molar-refractivity contribution in [3.05, 3.63) is 35.9 Å². The van der Waals surface area contributed by atoms with E-state index in [9.17, 15) is 4.79 Å². The molecule has 0 N–H and O–H groups in total. The van der Waals surface area contributed by atoms with E-state index in [2.05, 4.69) is 29.2 Å². The summed E-state index contributed by atoms with van der Waals surface area (Å²) in [5, 5.41) is 0. The van der Waals surface area contributed by atoms with Crippen LogP contribution in [0.2, 0.25) is 0 Å². The lowest BCUT2D eigenvalue weighted by atomic mass is 10.1. The van der Waals surface area contributed by atoms with E-state index < -0.39 is 0 Å². The van der Waals surface area contributed by atoms with Crippen LogP contribution in [0.3, 0.4) is 0 Å². The van der Waals surface area contributed by atoms with Gasteiger partial charge in [0.05, 0.1) is 0 Å². The number of hydrogen-bond acceptors (Lipinski definition) is 3. The lowest BCUT2D eigenvalue weighted by Gasteiger charge is -2.31. The highest BCUT2D eigenvalue weighted by atomic mass is 35.5. The van der Waals surface area contributed by atoms with Crippen molar-refractivity contribution in [2.75, 3.05) is 25.5 Å². The fourth-order valence-electron chi connectivity index (χ4n) is 2.40. The third kappa shape index (κ3) is 4.84. The topological polar surface area (TPSA) is 29.5 Å². The van der Waals surface area contributed by atoms with Crippen LogP contribution in [0.4, 0.5) is 0 Å². The third-order valence-electron chi connectivity index (χ3n) is 3.50. The molecular formula is C15H20ClNO2. The highest BCUT2D eigenvalue weighted by Gasteiger charge is 2.21. The highest BCUT2D eigenvalue weighted by molar-refractivity contribution is 6.26. The lowest BCUT2D eigenvalue weighted by Crippen LogP contribution is -2.39. The number of alkyl halides is 1. The minimum absolute atomic E-state index is 0.0474. The monoisotopic (exact) mass is 281 g/mol. The summed E-state index contributed by atoms with van der Waals surface area (Å²) in [6.07, 6.45) is 2.96. The molecule has 0 amide bonds. The molecule has 1 saturated heterocycles. The van der Waals surface area contributed by atoms with Crippen molar-refractivity contribution >= 4 is 17.6 Å². The number of esters is 1. The van der Waals surface area contributed by atoms with Gasteiger partial charge in [0, 0.05) is 19.6 Å². The summed E-state index contributed by atoms with van der Waals surface area (Å²) in [4.78, 5) is 13.5. The molecule has 3 nitrogen and oxygen atoms in total. The van der Waals surface area contributed by atoms with Gasteiger partial charge >= 0.3 is 5.97 Å². The average molecular weight is 282 g/mol. The predicted octanol–water partition coefficient (Wildman–Crippen LogP) is 2.48. The van der Waals surface area contributed by atoms with Crippen LogP contribution in [0.25, 0.3) is 0 Å². The van der Waals surface area contributed by atoms with E-state index in [0.717, 1.165) is 38.9 Å². The molecule has 1 fully saturated rings. The summed E-state index contributed by atoms with van der Waals surface area (Å²) in [6, 6.07) is 10.5. The number of hydrogen-bond donors (Lipinski definition) is 0. The van der Waals surface area contributed by atoms with Crippen LogP contribution in [0, 0.1) is 0 Å². The number of benzene rings is 1. The molecule has 0 aromatic heterocycles. The molecule has 2 rings (SSSR count). The molecule has 0 saturated carbocycles. The Kier molecular flexibility index (Phi) is 5.67. The van der Waals surface area contributed by atoms with Crippen LogP contribution in [-0.4, -0.2) is 42.5 Å². The molecule has 0 unspecified atom stereocenters. The van der Waals surface area contributed by atoms with Crippen molar-refractivity contribution in [2.24, 2.45) is 0 Å². The van der Waals surface area contributed by atoms with E-state index in [4.69, 9.17) is 16.3 Å². The number of likely N-dealkylation sites (tertiary alicyclic amines) is 1. The Morgan fingerprint density at radius 2 is 1.95 bits per heavy atom. The van der Waals surface area contributed by atoms with E-state index in [1.807, 2.05) is 6.07 Å². The smallest absolute Gasteiger partial charge is 0.321 e. The second kappa shape index (κ2) is 7.51. The maximum atomic E-state index is 11.1. The van der Waals surface area contributed by atoms with Gasteiger partial charge in [0.15, 0.2) is 0 Å². The van der Waals surface area contributed by atoms with Gasteiger partial charge in [0.2, 0.25) is 0 Å². The standard InChI is InChI=1S/C15H20ClNO2/c16-12-15(18)19-14-7-10-17(11-8-14)9-6-13-4-2-1-3-5-13/h1-5,14H,6-12H2. The Morgan fingerprint density at radius 1 is 1.26 bits per heavy atom. The minimum Gasteiger partial charge on any atom is -0.461 e. The highest BCUT2D eigenvalue weighted by Crippen LogP contribution is 2.14. The number of piperidine rings is 1. The Bertz CT molecular complexity index is 388. The Hall–Kier alpha value is -1.06. The zero-order valence-electron chi connectivity index (χ0n) is 11.1. The van der Waals surface area contributed by atoms with E-state index >= 15 is 0 Å². The van der Waals surface area contributed by atoms with Gasteiger partial charge in [-0.15, -0.1) is 11.6 Å². The number of nitrogens with zero attached hydrogens (tertiary/aromatic N) is 1. The SMILES string of the molecule is O=C(CCl)OC1CCN(CCc2ccccc2)CC1. The molecule has 1 heterocycles. The number of carbonyl (C=O) groups is 1. The molecule has 0 radical (unpaired) electrons. The number of rotatable bonds is 5. The summed E-state index contributed by atoms with van der Waals surface area (Å²) in [7, 11) is 0. The van der Waals surface area contributed by atoms with E-state index in [-0.39, 0.29) is 18.0 Å². The maximum Gasteiger partial charge on any atom is 0.321 e. The van der Waals surface area contributed by atoms with Crippen LogP contribution in [0.15, 0.2) is 30.3 Å². The van der Waals surface area contributed by atoms with Gasteiger partial charge < -0.3 is 9.64 Å². The largest absolute Gasteiger partial charge is 0.461 e. The van der Waals surface area contributed by atoms with E-state index in [1.165, 1.54) is 5.56 Å². The number of halogens is 1. The first-order valence-corrected chi connectivity index (χ1v) is 7.33.